The smallest absolute Gasteiger partial charge is 0.301 e. The van der Waals surface area contributed by atoms with Crippen LogP contribution >= 0.6 is 34.7 Å². The van der Waals surface area contributed by atoms with E-state index in [4.69, 9.17) is 21.1 Å². The number of benzene rings is 3. The summed E-state index contributed by atoms with van der Waals surface area (Å²) in [5, 5.41) is 20.5. The zero-order valence-electron chi connectivity index (χ0n) is 22.8. The average molecular weight is 638 g/mol. The van der Waals surface area contributed by atoms with Crippen molar-refractivity contribution in [3.8, 4) is 11.5 Å². The van der Waals surface area contributed by atoms with Gasteiger partial charge >= 0.3 is 5.91 Å². The fraction of sp³-hybridized carbons (Fsp3) is 0.161. The van der Waals surface area contributed by atoms with E-state index in [2.05, 4.69) is 16.8 Å². The summed E-state index contributed by atoms with van der Waals surface area (Å²) in [7, 11) is 0. The Bertz CT molecular complexity index is 1690. The molecule has 1 amide bonds. The summed E-state index contributed by atoms with van der Waals surface area (Å²) < 4.78 is 25.4. The van der Waals surface area contributed by atoms with Gasteiger partial charge in [0.25, 0.3) is 5.78 Å². The van der Waals surface area contributed by atoms with Crippen molar-refractivity contribution in [2.24, 2.45) is 0 Å². The molecule has 0 aliphatic carbocycles. The molecule has 1 aliphatic rings. The van der Waals surface area contributed by atoms with Crippen LogP contribution in [0.15, 0.2) is 89.3 Å². The molecule has 1 unspecified atom stereocenters. The number of amides is 1. The maximum atomic E-state index is 13.6. The van der Waals surface area contributed by atoms with Crippen molar-refractivity contribution < 1.29 is 28.6 Å². The summed E-state index contributed by atoms with van der Waals surface area (Å²) >= 11 is 8.53. The highest BCUT2D eigenvalue weighted by Crippen LogP contribution is 2.45. The molecule has 4 aromatic rings. The van der Waals surface area contributed by atoms with E-state index in [9.17, 15) is 19.1 Å². The molecule has 220 valence electrons. The van der Waals surface area contributed by atoms with Gasteiger partial charge < -0.3 is 14.6 Å². The van der Waals surface area contributed by atoms with Crippen molar-refractivity contribution in [2.75, 3.05) is 18.1 Å². The molecule has 8 nitrogen and oxygen atoms in total. The Balaban J connectivity index is 1.57. The number of nitrogens with zero attached hydrogens (tertiary/aromatic N) is 3. The van der Waals surface area contributed by atoms with E-state index < -0.39 is 17.7 Å². The van der Waals surface area contributed by atoms with Crippen LogP contribution in [0.4, 0.5) is 9.52 Å². The van der Waals surface area contributed by atoms with Crippen molar-refractivity contribution in [1.82, 2.24) is 10.2 Å². The second-order valence-electron chi connectivity index (χ2n) is 9.18. The van der Waals surface area contributed by atoms with Gasteiger partial charge in [0.2, 0.25) is 5.13 Å². The van der Waals surface area contributed by atoms with Crippen molar-refractivity contribution in [2.45, 2.75) is 23.1 Å². The van der Waals surface area contributed by atoms with Gasteiger partial charge in [-0.2, -0.15) is 0 Å². The number of hydrogen-bond donors (Lipinski definition) is 1. The SMILES string of the molecule is C=CCOc1ccc(C2C(=C(O)c3ccc(Cl)cc3)C(=O)C(=O)N2c2nnc(SCc3ccc(F)cc3)s2)cc1OCC. The fourth-order valence-electron chi connectivity index (χ4n) is 4.42. The van der Waals surface area contributed by atoms with Crippen LogP contribution in [0.25, 0.3) is 5.76 Å². The first-order chi connectivity index (χ1) is 20.8. The van der Waals surface area contributed by atoms with Crippen LogP contribution < -0.4 is 14.4 Å². The summed E-state index contributed by atoms with van der Waals surface area (Å²) in [4.78, 5) is 28.3. The molecule has 2 heterocycles. The predicted molar refractivity (Wildman–Crippen MR) is 165 cm³/mol. The lowest BCUT2D eigenvalue weighted by atomic mass is 9.95. The number of Topliss-reactive ketones (excluding diaryl/α,β-unsaturated/α-hetero) is 1. The van der Waals surface area contributed by atoms with Gasteiger partial charge in [-0.15, -0.1) is 10.2 Å². The molecule has 43 heavy (non-hydrogen) atoms. The zero-order chi connectivity index (χ0) is 30.5. The first kappa shape index (κ1) is 30.3. The number of ketones is 1. The van der Waals surface area contributed by atoms with E-state index in [1.807, 2.05) is 6.92 Å². The quantitative estimate of drug-likeness (QED) is 0.0460. The lowest BCUT2D eigenvalue weighted by Gasteiger charge is -2.23. The van der Waals surface area contributed by atoms with Crippen LogP contribution in [0.3, 0.4) is 0 Å². The third-order valence-corrected chi connectivity index (χ3v) is 8.76. The number of anilines is 1. The first-order valence-electron chi connectivity index (χ1n) is 13.1. The van der Waals surface area contributed by atoms with Crippen molar-refractivity contribution >= 4 is 57.3 Å². The van der Waals surface area contributed by atoms with Crippen molar-refractivity contribution in [3.05, 3.63) is 112 Å². The van der Waals surface area contributed by atoms with Gasteiger partial charge in [0.15, 0.2) is 15.8 Å². The molecule has 0 bridgehead atoms. The van der Waals surface area contributed by atoms with Gasteiger partial charge in [0.1, 0.15) is 18.2 Å². The van der Waals surface area contributed by atoms with Crippen LogP contribution in [0, 0.1) is 5.82 Å². The average Bonchev–Trinajstić information content (AvgIpc) is 3.58. The minimum Gasteiger partial charge on any atom is -0.507 e. The molecule has 1 saturated heterocycles. The van der Waals surface area contributed by atoms with E-state index in [1.54, 1.807) is 60.7 Å². The van der Waals surface area contributed by atoms with Gasteiger partial charge in [-0.25, -0.2) is 4.39 Å². The van der Waals surface area contributed by atoms with E-state index in [0.717, 1.165) is 16.9 Å². The molecule has 5 rings (SSSR count). The number of thioether (sulfide) groups is 1. The molecule has 0 saturated carbocycles. The number of aliphatic hydroxyl groups is 1. The molecule has 1 atom stereocenters. The Hall–Kier alpha value is -4.19. The monoisotopic (exact) mass is 637 g/mol. The van der Waals surface area contributed by atoms with E-state index in [1.165, 1.54) is 28.8 Å². The first-order valence-corrected chi connectivity index (χ1v) is 15.3. The zero-order valence-corrected chi connectivity index (χ0v) is 25.2. The largest absolute Gasteiger partial charge is 0.507 e. The van der Waals surface area contributed by atoms with Gasteiger partial charge in [-0.05, 0) is 66.6 Å². The van der Waals surface area contributed by atoms with Crippen LogP contribution in [0.2, 0.25) is 5.02 Å². The van der Waals surface area contributed by atoms with Crippen LogP contribution in [-0.2, 0) is 15.3 Å². The highest BCUT2D eigenvalue weighted by atomic mass is 35.5. The number of hydrogen-bond acceptors (Lipinski definition) is 9. The highest BCUT2D eigenvalue weighted by Gasteiger charge is 2.48. The molecule has 1 aliphatic heterocycles. The molecular formula is C31H25ClFN3O5S2. The summed E-state index contributed by atoms with van der Waals surface area (Å²) in [6, 6.07) is 16.4. The van der Waals surface area contributed by atoms with E-state index in [0.29, 0.717) is 44.3 Å². The standard InChI is InChI=1S/C31H25ClFN3O5S2/c1-3-15-41-23-14-9-20(16-24(23)40-4-2)26-25(27(37)19-7-10-21(32)11-8-19)28(38)29(39)36(26)30-34-35-31(43-30)42-17-18-5-12-22(33)13-6-18/h3,5-14,16,26,37H,1,4,15,17H2,2H3. The van der Waals surface area contributed by atoms with Gasteiger partial charge in [-0.1, -0.05) is 65.6 Å². The normalized spacial score (nSPS) is 16.0. The second kappa shape index (κ2) is 13.4. The van der Waals surface area contributed by atoms with Gasteiger partial charge in [0, 0.05) is 16.3 Å². The molecule has 12 heteroatoms. The molecule has 0 radical (unpaired) electrons. The Morgan fingerprint density at radius 3 is 2.53 bits per heavy atom. The Kier molecular flexibility index (Phi) is 9.44. The van der Waals surface area contributed by atoms with Gasteiger partial charge in [-0.3, -0.25) is 14.5 Å². The fourth-order valence-corrected chi connectivity index (χ4v) is 6.37. The molecule has 0 spiro atoms. The highest BCUT2D eigenvalue weighted by molar-refractivity contribution is 8.00. The number of ether oxygens (including phenoxy) is 2. The summed E-state index contributed by atoms with van der Waals surface area (Å²) in [6.45, 7) is 6.08. The van der Waals surface area contributed by atoms with Crippen molar-refractivity contribution in [3.63, 3.8) is 0 Å². The topological polar surface area (TPSA) is 102 Å². The maximum absolute atomic E-state index is 13.6. The van der Waals surface area contributed by atoms with Crippen LogP contribution in [0.5, 0.6) is 11.5 Å². The molecular weight excluding hydrogens is 613 g/mol. The third-order valence-electron chi connectivity index (χ3n) is 6.38. The summed E-state index contributed by atoms with van der Waals surface area (Å²) in [5.41, 5.74) is 1.56. The third kappa shape index (κ3) is 6.58. The molecule has 3 aromatic carbocycles. The minimum atomic E-state index is -1.05. The summed E-state index contributed by atoms with van der Waals surface area (Å²) in [5.74, 6) is -1.08. The molecule has 1 N–H and O–H groups in total. The molecule has 1 fully saturated rings. The predicted octanol–water partition coefficient (Wildman–Crippen LogP) is 7.21. The lowest BCUT2D eigenvalue weighted by molar-refractivity contribution is -0.132. The van der Waals surface area contributed by atoms with E-state index >= 15 is 0 Å². The number of rotatable bonds is 11. The van der Waals surface area contributed by atoms with Crippen LogP contribution in [0.1, 0.15) is 29.7 Å². The number of aliphatic hydroxyl groups excluding tert-OH is 1. The Morgan fingerprint density at radius 2 is 1.84 bits per heavy atom. The Labute approximate surface area is 260 Å². The van der Waals surface area contributed by atoms with Crippen molar-refractivity contribution in [1.29, 1.82) is 0 Å². The number of carbonyl (C=O) groups excluding carboxylic acids is 2. The van der Waals surface area contributed by atoms with E-state index in [-0.39, 0.29) is 28.9 Å². The summed E-state index contributed by atoms with van der Waals surface area (Å²) in [6.07, 6.45) is 1.60. The number of carbonyl (C=O) groups is 2. The second-order valence-corrected chi connectivity index (χ2v) is 11.8. The molecule has 1 aromatic heterocycles. The van der Waals surface area contributed by atoms with Gasteiger partial charge in [0.05, 0.1) is 18.2 Å². The Morgan fingerprint density at radius 1 is 1.09 bits per heavy atom. The number of halogens is 2. The van der Waals surface area contributed by atoms with Crippen LogP contribution in [-0.4, -0.2) is 40.2 Å². The maximum Gasteiger partial charge on any atom is 0.301 e. The minimum absolute atomic E-state index is 0.120. The number of aromatic nitrogens is 2. The lowest BCUT2D eigenvalue weighted by Crippen LogP contribution is -2.29.